The molecule has 1 aromatic carbocycles. The van der Waals surface area contributed by atoms with E-state index >= 15 is 0 Å². The number of likely N-dealkylation sites (tertiary alicyclic amines) is 1. The third-order valence-corrected chi connectivity index (χ3v) is 5.09. The average Bonchev–Trinajstić information content (AvgIpc) is 3.16. The number of amides is 1. The smallest absolute Gasteiger partial charge is 0.313 e. The Morgan fingerprint density at radius 1 is 1.30 bits per heavy atom. The van der Waals surface area contributed by atoms with Crippen molar-refractivity contribution in [3.8, 4) is 5.69 Å². The fourth-order valence-electron chi connectivity index (χ4n) is 3.60. The van der Waals surface area contributed by atoms with Crippen molar-refractivity contribution in [2.45, 2.75) is 25.7 Å². The van der Waals surface area contributed by atoms with Gasteiger partial charge in [-0.05, 0) is 37.0 Å². The quantitative estimate of drug-likeness (QED) is 0.806. The molecule has 3 rings (SSSR count). The number of ether oxygens (including phenoxy) is 1. The van der Waals surface area contributed by atoms with Crippen LogP contribution in [0.1, 0.15) is 24.8 Å². The first-order chi connectivity index (χ1) is 13.0. The van der Waals surface area contributed by atoms with E-state index in [2.05, 4.69) is 5.10 Å². The first-order valence-corrected chi connectivity index (χ1v) is 9.13. The number of para-hydroxylation sites is 1. The van der Waals surface area contributed by atoms with Crippen LogP contribution in [-0.2, 0) is 20.7 Å². The third-order valence-electron chi connectivity index (χ3n) is 5.09. The Kier molecular flexibility index (Phi) is 5.91. The van der Waals surface area contributed by atoms with Crippen molar-refractivity contribution >= 4 is 11.9 Å². The number of carbonyl (C=O) groups is 2. The van der Waals surface area contributed by atoms with Crippen molar-refractivity contribution in [1.29, 1.82) is 0 Å². The molecular weight excluding hydrogens is 346 g/mol. The van der Waals surface area contributed by atoms with Gasteiger partial charge in [0.25, 0.3) is 0 Å². The lowest BCUT2D eigenvalue weighted by atomic mass is 9.80. The maximum absolute atomic E-state index is 12.6. The number of piperidine rings is 1. The second kappa shape index (κ2) is 8.35. The maximum atomic E-state index is 12.6. The van der Waals surface area contributed by atoms with E-state index < -0.39 is 11.4 Å². The first-order valence-electron chi connectivity index (χ1n) is 9.13. The van der Waals surface area contributed by atoms with Crippen LogP contribution in [-0.4, -0.2) is 58.5 Å². The molecule has 1 saturated heterocycles. The van der Waals surface area contributed by atoms with Crippen LogP contribution in [0.4, 0.5) is 0 Å². The molecule has 0 saturated carbocycles. The van der Waals surface area contributed by atoms with Gasteiger partial charge in [0.15, 0.2) is 0 Å². The molecule has 0 spiro atoms. The lowest BCUT2D eigenvalue weighted by molar-refractivity contribution is -0.159. The molecule has 2 heterocycles. The van der Waals surface area contributed by atoms with Crippen LogP contribution in [0.3, 0.4) is 0 Å². The second-order valence-electron chi connectivity index (χ2n) is 7.07. The number of aliphatic carboxylic acids is 1. The van der Waals surface area contributed by atoms with Gasteiger partial charge in [0.2, 0.25) is 5.91 Å². The molecule has 7 heteroatoms. The normalized spacial score (nSPS) is 19.8. The fraction of sp³-hybridized carbons (Fsp3) is 0.450. The van der Waals surface area contributed by atoms with Crippen molar-refractivity contribution in [3.05, 3.63) is 48.3 Å². The van der Waals surface area contributed by atoms with Crippen LogP contribution >= 0.6 is 0 Å². The molecule has 0 bridgehead atoms. The number of aromatic nitrogens is 2. The number of methoxy groups -OCH3 is 1. The molecule has 1 N–H and O–H groups in total. The van der Waals surface area contributed by atoms with Gasteiger partial charge in [-0.25, -0.2) is 4.68 Å². The topological polar surface area (TPSA) is 84.7 Å². The van der Waals surface area contributed by atoms with E-state index in [1.54, 1.807) is 15.8 Å². The van der Waals surface area contributed by atoms with Crippen molar-refractivity contribution in [1.82, 2.24) is 14.7 Å². The van der Waals surface area contributed by atoms with E-state index in [0.29, 0.717) is 32.2 Å². The SMILES string of the molecule is COCC1(C(=O)O)CCCN(C(=O)CCc2cnn(-c3ccccc3)c2)C1. The summed E-state index contributed by atoms with van der Waals surface area (Å²) in [5, 5.41) is 14.0. The van der Waals surface area contributed by atoms with Gasteiger partial charge in [0, 0.05) is 32.8 Å². The van der Waals surface area contributed by atoms with E-state index in [9.17, 15) is 14.7 Å². The number of nitrogens with zero attached hydrogens (tertiary/aromatic N) is 3. The lowest BCUT2D eigenvalue weighted by Crippen LogP contribution is -2.52. The van der Waals surface area contributed by atoms with Gasteiger partial charge in [0.05, 0.1) is 18.5 Å². The highest BCUT2D eigenvalue weighted by Gasteiger charge is 2.43. The molecule has 1 amide bonds. The summed E-state index contributed by atoms with van der Waals surface area (Å²) in [6.07, 6.45) is 5.81. The summed E-state index contributed by atoms with van der Waals surface area (Å²) >= 11 is 0. The molecule has 1 aromatic heterocycles. The Hall–Kier alpha value is -2.67. The molecule has 0 aliphatic carbocycles. The summed E-state index contributed by atoms with van der Waals surface area (Å²) in [4.78, 5) is 26.0. The number of carboxylic acid groups (broad SMARTS) is 1. The van der Waals surface area contributed by atoms with Gasteiger partial charge in [-0.2, -0.15) is 5.10 Å². The number of carbonyl (C=O) groups excluding carboxylic acids is 1. The van der Waals surface area contributed by atoms with Crippen LogP contribution in [0, 0.1) is 5.41 Å². The van der Waals surface area contributed by atoms with Gasteiger partial charge >= 0.3 is 5.97 Å². The zero-order valence-corrected chi connectivity index (χ0v) is 15.5. The molecule has 0 radical (unpaired) electrons. The number of hydrogen-bond donors (Lipinski definition) is 1. The van der Waals surface area contributed by atoms with Crippen LogP contribution in [0.2, 0.25) is 0 Å². The monoisotopic (exact) mass is 371 g/mol. The standard InChI is InChI=1S/C20H25N3O4/c1-27-15-20(19(25)26)10-5-11-22(14-20)18(24)9-8-16-12-21-23(13-16)17-6-3-2-4-7-17/h2-4,6-7,12-13H,5,8-11,14-15H2,1H3,(H,25,26). The van der Waals surface area contributed by atoms with Gasteiger partial charge in [-0.15, -0.1) is 0 Å². The van der Waals surface area contributed by atoms with Crippen molar-refractivity contribution in [3.63, 3.8) is 0 Å². The fourth-order valence-corrected chi connectivity index (χ4v) is 3.60. The predicted molar refractivity (Wildman–Crippen MR) is 99.6 cm³/mol. The van der Waals surface area contributed by atoms with Crippen LogP contribution < -0.4 is 0 Å². The number of hydrogen-bond acceptors (Lipinski definition) is 4. The molecule has 1 fully saturated rings. The van der Waals surface area contributed by atoms with Crippen molar-refractivity contribution < 1.29 is 19.4 Å². The van der Waals surface area contributed by atoms with E-state index in [-0.39, 0.29) is 19.1 Å². The number of benzene rings is 1. The van der Waals surface area contributed by atoms with E-state index in [0.717, 1.165) is 11.3 Å². The Labute approximate surface area is 158 Å². The third kappa shape index (κ3) is 4.36. The molecule has 1 aliphatic heterocycles. The van der Waals surface area contributed by atoms with Crippen LogP contribution in [0.5, 0.6) is 0 Å². The summed E-state index contributed by atoms with van der Waals surface area (Å²) in [7, 11) is 1.50. The predicted octanol–water partition coefficient (Wildman–Crippen LogP) is 2.14. The van der Waals surface area contributed by atoms with E-state index in [4.69, 9.17) is 4.74 Å². The van der Waals surface area contributed by atoms with E-state index in [1.807, 2.05) is 36.5 Å². The Balaban J connectivity index is 1.59. The Bertz CT molecular complexity index is 786. The van der Waals surface area contributed by atoms with Crippen LogP contribution in [0.25, 0.3) is 5.69 Å². The highest BCUT2D eigenvalue weighted by atomic mass is 16.5. The van der Waals surface area contributed by atoms with Crippen LogP contribution in [0.15, 0.2) is 42.7 Å². The number of carboxylic acids is 1. The summed E-state index contributed by atoms with van der Waals surface area (Å²) in [5.74, 6) is -0.921. The van der Waals surface area contributed by atoms with Gasteiger partial charge in [-0.1, -0.05) is 18.2 Å². The zero-order chi connectivity index (χ0) is 19.3. The summed E-state index contributed by atoms with van der Waals surface area (Å²) in [6, 6.07) is 9.79. The van der Waals surface area contributed by atoms with Gasteiger partial charge < -0.3 is 14.7 Å². The minimum absolute atomic E-state index is 0.0242. The number of aryl methyl sites for hydroxylation is 1. The lowest BCUT2D eigenvalue weighted by Gasteiger charge is -2.39. The highest BCUT2D eigenvalue weighted by Crippen LogP contribution is 2.31. The average molecular weight is 371 g/mol. The van der Waals surface area contributed by atoms with Gasteiger partial charge in [-0.3, -0.25) is 9.59 Å². The summed E-state index contributed by atoms with van der Waals surface area (Å²) in [6.45, 7) is 0.926. The summed E-state index contributed by atoms with van der Waals surface area (Å²) in [5.41, 5.74) is 0.948. The molecule has 144 valence electrons. The molecule has 1 aliphatic rings. The molecule has 1 unspecified atom stereocenters. The largest absolute Gasteiger partial charge is 0.481 e. The Morgan fingerprint density at radius 3 is 2.78 bits per heavy atom. The molecule has 27 heavy (non-hydrogen) atoms. The zero-order valence-electron chi connectivity index (χ0n) is 15.5. The second-order valence-corrected chi connectivity index (χ2v) is 7.07. The van der Waals surface area contributed by atoms with E-state index in [1.165, 1.54) is 7.11 Å². The van der Waals surface area contributed by atoms with Crippen molar-refractivity contribution in [2.24, 2.45) is 5.41 Å². The first kappa shape index (κ1) is 19.1. The maximum Gasteiger partial charge on any atom is 0.313 e. The molecule has 7 nitrogen and oxygen atoms in total. The van der Waals surface area contributed by atoms with Gasteiger partial charge in [0.1, 0.15) is 5.41 Å². The summed E-state index contributed by atoms with van der Waals surface area (Å²) < 4.78 is 6.90. The minimum atomic E-state index is -0.999. The molecule has 1 atom stereocenters. The molecular formula is C20H25N3O4. The number of rotatable bonds is 7. The molecule has 2 aromatic rings. The highest BCUT2D eigenvalue weighted by molar-refractivity contribution is 5.80. The van der Waals surface area contributed by atoms with Crippen molar-refractivity contribution in [2.75, 3.05) is 26.8 Å². The minimum Gasteiger partial charge on any atom is -0.481 e. The Morgan fingerprint density at radius 2 is 2.07 bits per heavy atom.